The highest BCUT2D eigenvalue weighted by Crippen LogP contribution is 2.55. The average molecular weight is 521 g/mol. The Morgan fingerprint density at radius 2 is 1.74 bits per heavy atom. The molecule has 4 fully saturated rings. The number of fused-ring (bicyclic) bond motifs is 1. The number of Topliss-reactive ketones (excluding diaryl/α,β-unsaturated/α-hetero) is 1. The Morgan fingerprint density at radius 1 is 1.03 bits per heavy atom. The lowest BCUT2D eigenvalue weighted by molar-refractivity contribution is -0.148. The SMILES string of the molecule is O=C(NC1CC1)C(=O)[C@H](C[C@@H]1CCNC1=O)NC(=O)[C@@H]1CC2(CCN1C(=O)C1Cc3ccccc3C1)CC2. The number of ketones is 1. The van der Waals surface area contributed by atoms with Gasteiger partial charge in [-0.3, -0.25) is 24.0 Å². The van der Waals surface area contributed by atoms with Gasteiger partial charge < -0.3 is 20.9 Å². The molecule has 0 aromatic heterocycles. The second kappa shape index (κ2) is 9.82. The predicted molar refractivity (Wildman–Crippen MR) is 138 cm³/mol. The van der Waals surface area contributed by atoms with E-state index in [1.165, 1.54) is 11.1 Å². The lowest BCUT2D eigenvalue weighted by atomic mass is 9.86. The maximum atomic E-state index is 13.8. The normalized spacial score (nSPS) is 26.4. The summed E-state index contributed by atoms with van der Waals surface area (Å²) in [5.41, 5.74) is 2.46. The van der Waals surface area contributed by atoms with E-state index in [-0.39, 0.29) is 35.6 Å². The van der Waals surface area contributed by atoms with Crippen molar-refractivity contribution in [1.82, 2.24) is 20.9 Å². The molecule has 3 aliphatic carbocycles. The van der Waals surface area contributed by atoms with Crippen molar-refractivity contribution >= 4 is 29.4 Å². The fraction of sp³-hybridized carbons (Fsp3) is 0.621. The number of benzene rings is 1. The summed E-state index contributed by atoms with van der Waals surface area (Å²) < 4.78 is 0. The molecule has 0 bridgehead atoms. The zero-order valence-corrected chi connectivity index (χ0v) is 21.7. The van der Waals surface area contributed by atoms with Crippen molar-refractivity contribution in [1.29, 1.82) is 0 Å². The van der Waals surface area contributed by atoms with E-state index in [0.717, 1.165) is 32.1 Å². The molecule has 202 valence electrons. The van der Waals surface area contributed by atoms with Crippen LogP contribution in [0.1, 0.15) is 62.5 Å². The molecule has 9 nitrogen and oxygen atoms in total. The van der Waals surface area contributed by atoms with Crippen molar-refractivity contribution in [3.8, 4) is 0 Å². The maximum absolute atomic E-state index is 13.8. The molecule has 0 radical (unpaired) electrons. The van der Waals surface area contributed by atoms with E-state index in [2.05, 4.69) is 28.1 Å². The number of carbonyl (C=O) groups excluding carboxylic acids is 5. The minimum atomic E-state index is -1.10. The summed E-state index contributed by atoms with van der Waals surface area (Å²) in [5.74, 6) is -2.63. The van der Waals surface area contributed by atoms with Crippen LogP contribution < -0.4 is 16.0 Å². The van der Waals surface area contributed by atoms with Crippen LogP contribution in [0.3, 0.4) is 0 Å². The lowest BCUT2D eigenvalue weighted by Crippen LogP contribution is -2.59. The van der Waals surface area contributed by atoms with E-state index in [1.54, 1.807) is 4.90 Å². The molecular weight excluding hydrogens is 484 g/mol. The molecule has 3 atom stereocenters. The Labute approximate surface area is 222 Å². The van der Waals surface area contributed by atoms with Crippen LogP contribution >= 0.6 is 0 Å². The number of nitrogens with one attached hydrogen (secondary N) is 3. The number of rotatable bonds is 8. The molecule has 1 aromatic rings. The molecular formula is C29H36N4O5. The van der Waals surface area contributed by atoms with Crippen molar-refractivity contribution in [2.75, 3.05) is 13.1 Å². The van der Waals surface area contributed by atoms with Crippen LogP contribution in [0.4, 0.5) is 0 Å². The van der Waals surface area contributed by atoms with Crippen LogP contribution in [0, 0.1) is 17.3 Å². The van der Waals surface area contributed by atoms with E-state index < -0.39 is 35.6 Å². The van der Waals surface area contributed by atoms with Gasteiger partial charge in [0.05, 0.1) is 6.04 Å². The molecule has 38 heavy (non-hydrogen) atoms. The van der Waals surface area contributed by atoms with Gasteiger partial charge in [-0.15, -0.1) is 0 Å². The Kier molecular flexibility index (Phi) is 6.48. The fourth-order valence-electron chi connectivity index (χ4n) is 6.53. The molecule has 3 N–H and O–H groups in total. The highest BCUT2D eigenvalue weighted by atomic mass is 16.2. The smallest absolute Gasteiger partial charge is 0.289 e. The molecule has 2 saturated heterocycles. The minimum Gasteiger partial charge on any atom is -0.356 e. The largest absolute Gasteiger partial charge is 0.356 e. The molecule has 1 spiro atoms. The third kappa shape index (κ3) is 5.07. The Bertz CT molecular complexity index is 1150. The second-order valence-corrected chi connectivity index (χ2v) is 12.1. The van der Waals surface area contributed by atoms with E-state index in [1.807, 2.05) is 12.1 Å². The van der Waals surface area contributed by atoms with Crippen molar-refractivity contribution in [2.45, 2.75) is 82.3 Å². The number of nitrogens with zero attached hydrogens (tertiary/aromatic N) is 1. The highest BCUT2D eigenvalue weighted by molar-refractivity contribution is 6.38. The average Bonchev–Trinajstić information content (AvgIpc) is 3.80. The number of carbonyl (C=O) groups is 5. The van der Waals surface area contributed by atoms with Crippen LogP contribution in [-0.2, 0) is 36.8 Å². The van der Waals surface area contributed by atoms with Crippen molar-refractivity contribution in [2.24, 2.45) is 17.3 Å². The number of piperidine rings is 1. The van der Waals surface area contributed by atoms with Crippen LogP contribution in [0.25, 0.3) is 0 Å². The maximum Gasteiger partial charge on any atom is 0.289 e. The minimum absolute atomic E-state index is 0.00861. The van der Waals surface area contributed by atoms with Crippen LogP contribution in [0.2, 0.25) is 0 Å². The van der Waals surface area contributed by atoms with Gasteiger partial charge in [0.1, 0.15) is 6.04 Å². The van der Waals surface area contributed by atoms with Gasteiger partial charge in [0, 0.05) is 31.0 Å². The summed E-state index contributed by atoms with van der Waals surface area (Å²) in [6.07, 6.45) is 7.21. The first-order chi connectivity index (χ1) is 18.3. The van der Waals surface area contributed by atoms with Gasteiger partial charge in [-0.1, -0.05) is 24.3 Å². The topological polar surface area (TPSA) is 125 Å². The van der Waals surface area contributed by atoms with Crippen LogP contribution in [0.5, 0.6) is 0 Å². The summed E-state index contributed by atoms with van der Waals surface area (Å²) in [7, 11) is 0. The standard InChI is InChI=1S/C29H36N4O5/c34-24(27(37)31-21-5-6-21)22(15-19-7-11-30-25(19)35)32-26(36)23-16-29(8-9-29)10-12-33(23)28(38)20-13-17-3-1-2-4-18(17)14-20/h1-4,19-23H,5-16H2,(H,30,35)(H,31,37)(H,32,36)/t19-,22-,23-/m0/s1. The third-order valence-electron chi connectivity index (χ3n) is 9.28. The molecule has 4 amide bonds. The third-order valence-corrected chi connectivity index (χ3v) is 9.28. The molecule has 5 aliphatic rings. The molecule has 2 aliphatic heterocycles. The summed E-state index contributed by atoms with van der Waals surface area (Å²) in [5, 5.41) is 8.32. The zero-order chi connectivity index (χ0) is 26.4. The number of likely N-dealkylation sites (tertiary alicyclic amines) is 1. The van der Waals surface area contributed by atoms with Gasteiger partial charge in [0.2, 0.25) is 23.5 Å². The van der Waals surface area contributed by atoms with Gasteiger partial charge in [-0.05, 0) is 80.8 Å². The van der Waals surface area contributed by atoms with Gasteiger partial charge in [-0.2, -0.15) is 0 Å². The van der Waals surface area contributed by atoms with Crippen molar-refractivity contribution in [3.05, 3.63) is 35.4 Å². The van der Waals surface area contributed by atoms with Gasteiger partial charge in [0.15, 0.2) is 0 Å². The highest BCUT2D eigenvalue weighted by Gasteiger charge is 2.52. The zero-order valence-electron chi connectivity index (χ0n) is 21.7. The monoisotopic (exact) mass is 520 g/mol. The summed E-state index contributed by atoms with van der Waals surface area (Å²) in [6, 6.07) is 6.33. The van der Waals surface area contributed by atoms with Gasteiger partial charge >= 0.3 is 0 Å². The lowest BCUT2D eigenvalue weighted by Gasteiger charge is -2.40. The quantitative estimate of drug-likeness (QED) is 0.442. The molecule has 6 rings (SSSR count). The summed E-state index contributed by atoms with van der Waals surface area (Å²) >= 11 is 0. The number of hydrogen-bond acceptors (Lipinski definition) is 5. The van der Waals surface area contributed by atoms with Gasteiger partial charge in [0.25, 0.3) is 5.91 Å². The van der Waals surface area contributed by atoms with Gasteiger partial charge in [-0.25, -0.2) is 0 Å². The first-order valence-electron chi connectivity index (χ1n) is 14.1. The molecule has 2 saturated carbocycles. The van der Waals surface area contributed by atoms with Crippen LogP contribution in [0.15, 0.2) is 24.3 Å². The number of hydrogen-bond donors (Lipinski definition) is 3. The molecule has 2 heterocycles. The van der Waals surface area contributed by atoms with Crippen molar-refractivity contribution in [3.63, 3.8) is 0 Å². The Balaban J connectivity index is 1.19. The number of amides is 4. The first-order valence-corrected chi connectivity index (χ1v) is 14.1. The molecule has 1 aromatic carbocycles. The Hall–Kier alpha value is -3.23. The van der Waals surface area contributed by atoms with E-state index >= 15 is 0 Å². The predicted octanol–water partition coefficient (Wildman–Crippen LogP) is 1.03. The molecule has 9 heteroatoms. The van der Waals surface area contributed by atoms with E-state index in [0.29, 0.717) is 38.8 Å². The van der Waals surface area contributed by atoms with E-state index in [9.17, 15) is 24.0 Å². The molecule has 0 unspecified atom stereocenters. The summed E-state index contributed by atoms with van der Waals surface area (Å²) in [4.78, 5) is 67.4. The van der Waals surface area contributed by atoms with Crippen LogP contribution in [-0.4, -0.2) is 65.5 Å². The second-order valence-electron chi connectivity index (χ2n) is 12.1. The van der Waals surface area contributed by atoms with E-state index in [4.69, 9.17) is 0 Å². The first kappa shape index (κ1) is 25.1. The summed E-state index contributed by atoms with van der Waals surface area (Å²) in [6.45, 7) is 1.04. The van der Waals surface area contributed by atoms with Crippen molar-refractivity contribution < 1.29 is 24.0 Å². The fourth-order valence-corrected chi connectivity index (χ4v) is 6.53. The Morgan fingerprint density at radius 3 is 2.34 bits per heavy atom.